The molecule has 3 rings (SSSR count). The molecule has 152 valence electrons. The van der Waals surface area contributed by atoms with Gasteiger partial charge in [-0.15, -0.1) is 12.4 Å². The maximum absolute atomic E-state index is 13.2. The Bertz CT molecular complexity index is 761. The van der Waals surface area contributed by atoms with Crippen LogP contribution in [-0.4, -0.2) is 41.2 Å². The standard InChI is InChI=1S/C22H26FNO3.ClH/c1-2-21(22(25)26)24-13-11-19(12-14-24)27-15-17-5-3-4-6-20(17)16-7-9-18(23)10-8-16;/h3-10,19,21H,2,11-15H2,1H3,(H,25,26);1H. The number of rotatable bonds is 7. The van der Waals surface area contributed by atoms with Crippen LogP contribution in [-0.2, 0) is 16.1 Å². The highest BCUT2D eigenvalue weighted by molar-refractivity contribution is 5.85. The number of hydrogen-bond acceptors (Lipinski definition) is 3. The van der Waals surface area contributed by atoms with Crippen molar-refractivity contribution in [2.45, 2.75) is 44.9 Å². The Morgan fingerprint density at radius 1 is 1.18 bits per heavy atom. The van der Waals surface area contributed by atoms with Crippen LogP contribution < -0.4 is 0 Å². The van der Waals surface area contributed by atoms with Crippen LogP contribution in [0, 0.1) is 5.82 Å². The third kappa shape index (κ3) is 5.53. The van der Waals surface area contributed by atoms with Gasteiger partial charge in [0.2, 0.25) is 0 Å². The molecule has 6 heteroatoms. The first-order valence-electron chi connectivity index (χ1n) is 9.50. The smallest absolute Gasteiger partial charge is 0.320 e. The van der Waals surface area contributed by atoms with Crippen molar-refractivity contribution in [3.63, 3.8) is 0 Å². The summed E-state index contributed by atoms with van der Waals surface area (Å²) in [5.41, 5.74) is 3.09. The molecule has 0 aliphatic carbocycles. The molecule has 0 amide bonds. The Morgan fingerprint density at radius 2 is 1.82 bits per heavy atom. The molecule has 0 spiro atoms. The summed E-state index contributed by atoms with van der Waals surface area (Å²) in [5, 5.41) is 9.30. The molecule has 1 fully saturated rings. The molecular formula is C22H27ClFNO3. The number of piperidine rings is 1. The lowest BCUT2D eigenvalue weighted by Crippen LogP contribution is -2.46. The lowest BCUT2D eigenvalue weighted by atomic mass is 10.00. The van der Waals surface area contributed by atoms with Crippen LogP contribution in [0.3, 0.4) is 0 Å². The molecule has 2 aromatic carbocycles. The summed E-state index contributed by atoms with van der Waals surface area (Å²) >= 11 is 0. The van der Waals surface area contributed by atoms with E-state index in [1.807, 2.05) is 36.1 Å². The average molecular weight is 408 g/mol. The number of aliphatic carboxylic acids is 1. The predicted molar refractivity (Wildman–Crippen MR) is 110 cm³/mol. The van der Waals surface area contributed by atoms with Gasteiger partial charge in [-0.3, -0.25) is 9.69 Å². The monoisotopic (exact) mass is 407 g/mol. The van der Waals surface area contributed by atoms with Gasteiger partial charge in [0, 0.05) is 13.1 Å². The first kappa shape index (κ1) is 22.3. The van der Waals surface area contributed by atoms with Crippen LogP contribution in [0.1, 0.15) is 31.7 Å². The van der Waals surface area contributed by atoms with Crippen LogP contribution >= 0.6 is 12.4 Å². The summed E-state index contributed by atoms with van der Waals surface area (Å²) in [4.78, 5) is 13.4. The molecule has 1 saturated heterocycles. The third-order valence-electron chi connectivity index (χ3n) is 5.24. The van der Waals surface area contributed by atoms with E-state index in [1.54, 1.807) is 12.1 Å². The van der Waals surface area contributed by atoms with Crippen molar-refractivity contribution in [2.24, 2.45) is 0 Å². The minimum Gasteiger partial charge on any atom is -0.480 e. The summed E-state index contributed by atoms with van der Waals surface area (Å²) < 4.78 is 19.3. The second-order valence-electron chi connectivity index (χ2n) is 6.97. The Morgan fingerprint density at radius 3 is 2.43 bits per heavy atom. The maximum Gasteiger partial charge on any atom is 0.320 e. The van der Waals surface area contributed by atoms with Gasteiger partial charge >= 0.3 is 5.97 Å². The van der Waals surface area contributed by atoms with Crippen molar-refractivity contribution in [1.82, 2.24) is 4.90 Å². The van der Waals surface area contributed by atoms with Gasteiger partial charge < -0.3 is 9.84 Å². The number of ether oxygens (including phenoxy) is 1. The van der Waals surface area contributed by atoms with Gasteiger partial charge in [-0.05, 0) is 48.1 Å². The van der Waals surface area contributed by atoms with Gasteiger partial charge in [0.05, 0.1) is 12.7 Å². The first-order valence-corrected chi connectivity index (χ1v) is 9.50. The summed E-state index contributed by atoms with van der Waals surface area (Å²) in [6.45, 7) is 3.90. The molecule has 1 heterocycles. The summed E-state index contributed by atoms with van der Waals surface area (Å²) in [7, 11) is 0. The maximum atomic E-state index is 13.2. The highest BCUT2D eigenvalue weighted by atomic mass is 35.5. The van der Waals surface area contributed by atoms with E-state index < -0.39 is 12.0 Å². The van der Waals surface area contributed by atoms with E-state index in [1.165, 1.54) is 12.1 Å². The Kier molecular flexibility index (Phi) is 8.42. The lowest BCUT2D eigenvalue weighted by Gasteiger charge is -2.35. The molecule has 1 N–H and O–H groups in total. The number of carboxylic acid groups (broad SMARTS) is 1. The SMILES string of the molecule is CCC(C(=O)O)N1CCC(OCc2ccccc2-c2ccc(F)cc2)CC1.Cl. The molecule has 1 aliphatic rings. The van der Waals surface area contributed by atoms with Crippen LogP contribution in [0.25, 0.3) is 11.1 Å². The second kappa shape index (κ2) is 10.6. The molecule has 0 radical (unpaired) electrons. The van der Waals surface area contributed by atoms with E-state index in [9.17, 15) is 14.3 Å². The zero-order valence-electron chi connectivity index (χ0n) is 16.0. The quantitative estimate of drug-likeness (QED) is 0.719. The van der Waals surface area contributed by atoms with Crippen molar-refractivity contribution < 1.29 is 19.0 Å². The Hall–Kier alpha value is -1.95. The average Bonchev–Trinajstić information content (AvgIpc) is 2.68. The molecule has 2 aromatic rings. The van der Waals surface area contributed by atoms with Crippen LogP contribution in [0.4, 0.5) is 4.39 Å². The molecule has 28 heavy (non-hydrogen) atoms. The van der Waals surface area contributed by atoms with E-state index >= 15 is 0 Å². The highest BCUT2D eigenvalue weighted by Gasteiger charge is 2.28. The minimum absolute atomic E-state index is 0. The van der Waals surface area contributed by atoms with Crippen molar-refractivity contribution in [2.75, 3.05) is 13.1 Å². The van der Waals surface area contributed by atoms with Crippen LogP contribution in [0.5, 0.6) is 0 Å². The van der Waals surface area contributed by atoms with E-state index in [0.29, 0.717) is 13.0 Å². The van der Waals surface area contributed by atoms with E-state index in [2.05, 4.69) is 0 Å². The molecule has 0 aromatic heterocycles. The van der Waals surface area contributed by atoms with E-state index in [0.717, 1.165) is 42.6 Å². The lowest BCUT2D eigenvalue weighted by molar-refractivity contribution is -0.144. The fraction of sp³-hybridized carbons (Fsp3) is 0.409. The van der Waals surface area contributed by atoms with Gasteiger partial charge in [-0.25, -0.2) is 4.39 Å². The van der Waals surface area contributed by atoms with Crippen molar-refractivity contribution in [3.05, 3.63) is 59.9 Å². The largest absolute Gasteiger partial charge is 0.480 e. The first-order chi connectivity index (χ1) is 13.1. The predicted octanol–water partition coefficient (Wildman–Crippen LogP) is 4.76. The highest BCUT2D eigenvalue weighted by Crippen LogP contribution is 2.26. The normalized spacial score (nSPS) is 16.4. The number of benzene rings is 2. The molecule has 4 nitrogen and oxygen atoms in total. The summed E-state index contributed by atoms with van der Waals surface area (Å²) in [6.07, 6.45) is 2.42. The summed E-state index contributed by atoms with van der Waals surface area (Å²) in [5.74, 6) is -0.990. The molecule has 1 unspecified atom stereocenters. The molecule has 0 saturated carbocycles. The number of nitrogens with zero attached hydrogens (tertiary/aromatic N) is 1. The number of hydrogen-bond donors (Lipinski definition) is 1. The number of likely N-dealkylation sites (tertiary alicyclic amines) is 1. The van der Waals surface area contributed by atoms with Crippen LogP contribution in [0.15, 0.2) is 48.5 Å². The van der Waals surface area contributed by atoms with Crippen molar-refractivity contribution >= 4 is 18.4 Å². The third-order valence-corrected chi connectivity index (χ3v) is 5.24. The summed E-state index contributed by atoms with van der Waals surface area (Å²) in [6, 6.07) is 14.1. The molecule has 1 atom stereocenters. The molecule has 1 aliphatic heterocycles. The molecule has 0 bridgehead atoms. The topological polar surface area (TPSA) is 49.8 Å². The van der Waals surface area contributed by atoms with Crippen molar-refractivity contribution in [1.29, 1.82) is 0 Å². The van der Waals surface area contributed by atoms with Crippen molar-refractivity contribution in [3.8, 4) is 11.1 Å². The van der Waals surface area contributed by atoms with Crippen LogP contribution in [0.2, 0.25) is 0 Å². The van der Waals surface area contributed by atoms with Gasteiger partial charge in [0.1, 0.15) is 11.9 Å². The Labute approximate surface area is 171 Å². The van der Waals surface area contributed by atoms with Gasteiger partial charge in [0.15, 0.2) is 0 Å². The van der Waals surface area contributed by atoms with Gasteiger partial charge in [0.25, 0.3) is 0 Å². The van der Waals surface area contributed by atoms with E-state index in [4.69, 9.17) is 4.74 Å². The van der Waals surface area contributed by atoms with Gasteiger partial charge in [-0.2, -0.15) is 0 Å². The molecular weight excluding hydrogens is 381 g/mol. The second-order valence-corrected chi connectivity index (χ2v) is 6.97. The number of carbonyl (C=O) groups is 1. The zero-order chi connectivity index (χ0) is 19.2. The Balaban J connectivity index is 0.00000280. The fourth-order valence-corrected chi connectivity index (χ4v) is 3.71. The van der Waals surface area contributed by atoms with E-state index in [-0.39, 0.29) is 24.3 Å². The fourth-order valence-electron chi connectivity index (χ4n) is 3.71. The van der Waals surface area contributed by atoms with Gasteiger partial charge in [-0.1, -0.05) is 43.3 Å². The minimum atomic E-state index is -0.745. The zero-order valence-corrected chi connectivity index (χ0v) is 16.8. The number of halogens is 2. The number of carboxylic acids is 1.